The average molecular weight is 291 g/mol. The Hall–Kier alpha value is -2.04. The molecule has 1 aliphatic carbocycles. The lowest BCUT2D eigenvalue weighted by molar-refractivity contribution is -0.157. The maximum atomic E-state index is 12.0. The Bertz CT molecular complexity index is 494. The number of hydrogen-bond acceptors (Lipinski definition) is 4. The van der Waals surface area contributed by atoms with E-state index in [1.807, 2.05) is 37.3 Å². The van der Waals surface area contributed by atoms with Gasteiger partial charge in [-0.1, -0.05) is 37.3 Å². The maximum Gasteiger partial charge on any atom is 0.408 e. The molecule has 0 bridgehead atoms. The second-order valence-corrected chi connectivity index (χ2v) is 5.50. The summed E-state index contributed by atoms with van der Waals surface area (Å²) in [7, 11) is 0. The fourth-order valence-electron chi connectivity index (χ4n) is 2.67. The van der Waals surface area contributed by atoms with Gasteiger partial charge in [0, 0.05) is 0 Å². The molecule has 1 N–H and O–H groups in total. The lowest BCUT2D eigenvalue weighted by Gasteiger charge is -2.43. The van der Waals surface area contributed by atoms with Gasteiger partial charge in [-0.3, -0.25) is 0 Å². The van der Waals surface area contributed by atoms with Gasteiger partial charge < -0.3 is 14.8 Å². The Morgan fingerprint density at radius 3 is 2.48 bits per heavy atom. The quantitative estimate of drug-likeness (QED) is 0.847. The van der Waals surface area contributed by atoms with E-state index in [9.17, 15) is 9.59 Å². The number of carbonyl (C=O) groups excluding carboxylic acids is 2. The van der Waals surface area contributed by atoms with Crippen molar-refractivity contribution >= 4 is 12.1 Å². The standard InChI is InChI=1S/C16H21NO4/c1-3-20-14(18)16(9-12(2)10-16)17-15(19)21-11-13-7-5-4-6-8-13/h4-8,12H,3,9-11H2,1-2H3,(H,17,19). The summed E-state index contributed by atoms with van der Waals surface area (Å²) in [6.07, 6.45) is 0.595. The van der Waals surface area contributed by atoms with Crippen LogP contribution in [0.4, 0.5) is 4.79 Å². The largest absolute Gasteiger partial charge is 0.464 e. The van der Waals surface area contributed by atoms with Crippen LogP contribution in [-0.4, -0.2) is 24.2 Å². The molecule has 0 unspecified atom stereocenters. The van der Waals surface area contributed by atoms with E-state index in [4.69, 9.17) is 9.47 Å². The fraction of sp³-hybridized carbons (Fsp3) is 0.500. The molecule has 1 amide bonds. The molecule has 0 aliphatic heterocycles. The average Bonchev–Trinajstić information content (AvgIpc) is 2.44. The van der Waals surface area contributed by atoms with Crippen molar-refractivity contribution in [3.63, 3.8) is 0 Å². The van der Waals surface area contributed by atoms with Crippen LogP contribution >= 0.6 is 0 Å². The minimum Gasteiger partial charge on any atom is -0.464 e. The molecule has 114 valence electrons. The van der Waals surface area contributed by atoms with Crippen molar-refractivity contribution in [3.8, 4) is 0 Å². The Kier molecular flexibility index (Phi) is 4.83. The van der Waals surface area contributed by atoms with Gasteiger partial charge in [-0.2, -0.15) is 0 Å². The number of carbonyl (C=O) groups is 2. The molecule has 0 radical (unpaired) electrons. The number of rotatable bonds is 5. The molecular formula is C16H21NO4. The van der Waals surface area contributed by atoms with Gasteiger partial charge in [-0.25, -0.2) is 9.59 Å². The first-order valence-electron chi connectivity index (χ1n) is 7.22. The van der Waals surface area contributed by atoms with E-state index in [2.05, 4.69) is 5.32 Å². The number of amides is 1. The molecule has 1 aromatic carbocycles. The number of nitrogens with one attached hydrogen (secondary N) is 1. The Balaban J connectivity index is 1.89. The molecule has 2 rings (SSSR count). The molecule has 0 aromatic heterocycles. The molecule has 1 fully saturated rings. The molecule has 1 saturated carbocycles. The normalized spacial score (nSPS) is 23.8. The number of benzene rings is 1. The zero-order valence-corrected chi connectivity index (χ0v) is 12.4. The predicted molar refractivity (Wildman–Crippen MR) is 77.5 cm³/mol. The van der Waals surface area contributed by atoms with Gasteiger partial charge in [0.05, 0.1) is 6.61 Å². The topological polar surface area (TPSA) is 64.6 Å². The summed E-state index contributed by atoms with van der Waals surface area (Å²) >= 11 is 0. The molecule has 1 aromatic rings. The second-order valence-electron chi connectivity index (χ2n) is 5.50. The number of ether oxygens (including phenoxy) is 2. The fourth-order valence-corrected chi connectivity index (χ4v) is 2.67. The molecule has 5 nitrogen and oxygen atoms in total. The number of alkyl carbamates (subject to hydrolysis) is 1. The molecule has 5 heteroatoms. The minimum absolute atomic E-state index is 0.182. The first-order chi connectivity index (χ1) is 10.1. The van der Waals surface area contributed by atoms with Crippen LogP contribution in [0.3, 0.4) is 0 Å². The summed E-state index contributed by atoms with van der Waals surface area (Å²) in [5, 5.41) is 2.68. The van der Waals surface area contributed by atoms with E-state index in [1.165, 1.54) is 0 Å². The van der Waals surface area contributed by atoms with E-state index < -0.39 is 11.6 Å². The molecule has 0 spiro atoms. The molecule has 0 saturated heterocycles. The van der Waals surface area contributed by atoms with Gasteiger partial charge in [0.2, 0.25) is 0 Å². The molecule has 0 atom stereocenters. The third-order valence-corrected chi connectivity index (χ3v) is 3.61. The second kappa shape index (κ2) is 6.61. The Morgan fingerprint density at radius 2 is 1.90 bits per heavy atom. The highest BCUT2D eigenvalue weighted by atomic mass is 16.6. The summed E-state index contributed by atoms with van der Waals surface area (Å²) in [6.45, 7) is 4.27. The van der Waals surface area contributed by atoms with Crippen LogP contribution in [-0.2, 0) is 20.9 Å². The van der Waals surface area contributed by atoms with Crippen LogP contribution in [0.1, 0.15) is 32.3 Å². The number of esters is 1. The van der Waals surface area contributed by atoms with Crippen LogP contribution in [0.5, 0.6) is 0 Å². The van der Waals surface area contributed by atoms with Crippen molar-refractivity contribution in [2.75, 3.05) is 6.61 Å². The van der Waals surface area contributed by atoms with E-state index in [1.54, 1.807) is 6.92 Å². The zero-order chi connectivity index (χ0) is 15.3. The van der Waals surface area contributed by atoms with Crippen LogP contribution in [0.15, 0.2) is 30.3 Å². The zero-order valence-electron chi connectivity index (χ0n) is 12.4. The Morgan fingerprint density at radius 1 is 1.24 bits per heavy atom. The van der Waals surface area contributed by atoms with Crippen LogP contribution in [0.25, 0.3) is 0 Å². The summed E-state index contributed by atoms with van der Waals surface area (Å²) in [5.41, 5.74) is -0.0109. The Labute approximate surface area is 124 Å². The highest BCUT2D eigenvalue weighted by Gasteiger charge is 2.51. The van der Waals surface area contributed by atoms with Crippen LogP contribution in [0.2, 0.25) is 0 Å². The van der Waals surface area contributed by atoms with Crippen LogP contribution < -0.4 is 5.32 Å². The lowest BCUT2D eigenvalue weighted by Crippen LogP contribution is -2.62. The van der Waals surface area contributed by atoms with Crippen molar-refractivity contribution in [1.29, 1.82) is 0 Å². The molecule has 0 heterocycles. The number of hydrogen-bond donors (Lipinski definition) is 1. The van der Waals surface area contributed by atoms with Crippen molar-refractivity contribution < 1.29 is 19.1 Å². The van der Waals surface area contributed by atoms with Gasteiger partial charge in [0.25, 0.3) is 0 Å². The molecule has 21 heavy (non-hydrogen) atoms. The lowest BCUT2D eigenvalue weighted by atomic mass is 9.69. The van der Waals surface area contributed by atoms with Gasteiger partial charge in [-0.15, -0.1) is 0 Å². The van der Waals surface area contributed by atoms with Crippen LogP contribution in [0, 0.1) is 5.92 Å². The summed E-state index contributed by atoms with van der Waals surface area (Å²) < 4.78 is 10.2. The van der Waals surface area contributed by atoms with E-state index >= 15 is 0 Å². The summed E-state index contributed by atoms with van der Waals surface area (Å²) in [6, 6.07) is 9.41. The first-order valence-corrected chi connectivity index (χ1v) is 7.22. The monoisotopic (exact) mass is 291 g/mol. The van der Waals surface area contributed by atoms with Gasteiger partial charge in [-0.05, 0) is 31.2 Å². The highest BCUT2D eigenvalue weighted by Crippen LogP contribution is 2.38. The third kappa shape index (κ3) is 3.74. The van der Waals surface area contributed by atoms with Gasteiger partial charge in [0.1, 0.15) is 12.1 Å². The van der Waals surface area contributed by atoms with E-state index in [0.29, 0.717) is 25.4 Å². The smallest absolute Gasteiger partial charge is 0.408 e. The minimum atomic E-state index is -0.913. The SMILES string of the molecule is CCOC(=O)C1(NC(=O)OCc2ccccc2)CC(C)C1. The van der Waals surface area contributed by atoms with Crippen molar-refractivity contribution in [2.45, 2.75) is 38.8 Å². The van der Waals surface area contributed by atoms with Crippen molar-refractivity contribution in [1.82, 2.24) is 5.32 Å². The van der Waals surface area contributed by atoms with Crippen molar-refractivity contribution in [3.05, 3.63) is 35.9 Å². The molecular weight excluding hydrogens is 270 g/mol. The third-order valence-electron chi connectivity index (χ3n) is 3.61. The van der Waals surface area contributed by atoms with E-state index in [0.717, 1.165) is 5.56 Å². The van der Waals surface area contributed by atoms with E-state index in [-0.39, 0.29) is 12.6 Å². The summed E-state index contributed by atoms with van der Waals surface area (Å²) in [4.78, 5) is 23.9. The summed E-state index contributed by atoms with van der Waals surface area (Å²) in [5.74, 6) is 0.0172. The predicted octanol–water partition coefficient (Wildman–Crippen LogP) is 2.64. The maximum absolute atomic E-state index is 12.0. The van der Waals surface area contributed by atoms with Gasteiger partial charge >= 0.3 is 12.1 Å². The van der Waals surface area contributed by atoms with Gasteiger partial charge in [0.15, 0.2) is 0 Å². The first kappa shape index (κ1) is 15.4. The van der Waals surface area contributed by atoms with Crippen molar-refractivity contribution in [2.24, 2.45) is 5.92 Å². The molecule has 1 aliphatic rings. The highest BCUT2D eigenvalue weighted by molar-refractivity contribution is 5.87.